The maximum Gasteiger partial charge on any atom is 0.241 e. The molecule has 0 aliphatic heterocycles. The molecule has 0 aromatic heterocycles. The summed E-state index contributed by atoms with van der Waals surface area (Å²) in [6.07, 6.45) is 1.02. The third-order valence-electron chi connectivity index (χ3n) is 3.10. The molecule has 0 spiro atoms. The number of carbonyl (C=O) groups excluding carboxylic acids is 1. The van der Waals surface area contributed by atoms with Gasteiger partial charge in [-0.05, 0) is 44.6 Å². The van der Waals surface area contributed by atoms with Crippen LogP contribution >= 0.6 is 0 Å². The molecular formula is C15H21N3O. The van der Waals surface area contributed by atoms with E-state index >= 15 is 0 Å². The van der Waals surface area contributed by atoms with Crippen molar-refractivity contribution in [3.8, 4) is 6.07 Å². The van der Waals surface area contributed by atoms with E-state index < -0.39 is 0 Å². The molecule has 1 rings (SSSR count). The SMILES string of the molecule is CCCN(CC)C(C)C(=O)Nc1cccc(C#N)c1. The van der Waals surface area contributed by atoms with Gasteiger partial charge in [-0.15, -0.1) is 0 Å². The smallest absolute Gasteiger partial charge is 0.241 e. The van der Waals surface area contributed by atoms with Crippen LogP contribution in [0.25, 0.3) is 0 Å². The number of nitrogens with one attached hydrogen (secondary N) is 1. The standard InChI is InChI=1S/C15H21N3O/c1-4-9-18(5-2)12(3)15(19)17-14-8-6-7-13(10-14)11-16/h6-8,10,12H,4-5,9H2,1-3H3,(H,17,19). The zero-order chi connectivity index (χ0) is 14.3. The Balaban J connectivity index is 2.70. The van der Waals surface area contributed by atoms with E-state index in [-0.39, 0.29) is 11.9 Å². The highest BCUT2D eigenvalue weighted by atomic mass is 16.2. The van der Waals surface area contributed by atoms with E-state index in [0.717, 1.165) is 19.5 Å². The molecule has 0 heterocycles. The molecular weight excluding hydrogens is 238 g/mol. The second-order valence-electron chi connectivity index (χ2n) is 4.49. The van der Waals surface area contributed by atoms with Crippen molar-refractivity contribution in [1.82, 2.24) is 4.90 Å². The summed E-state index contributed by atoms with van der Waals surface area (Å²) in [6.45, 7) is 7.81. The molecule has 1 amide bonds. The molecule has 1 N–H and O–H groups in total. The van der Waals surface area contributed by atoms with Gasteiger partial charge in [0.25, 0.3) is 0 Å². The summed E-state index contributed by atoms with van der Waals surface area (Å²) in [7, 11) is 0. The molecule has 19 heavy (non-hydrogen) atoms. The summed E-state index contributed by atoms with van der Waals surface area (Å²) in [5.41, 5.74) is 1.22. The third kappa shape index (κ3) is 4.38. The first-order chi connectivity index (χ1) is 9.12. The quantitative estimate of drug-likeness (QED) is 0.854. The first kappa shape index (κ1) is 15.2. The summed E-state index contributed by atoms with van der Waals surface area (Å²) in [4.78, 5) is 14.3. The lowest BCUT2D eigenvalue weighted by Gasteiger charge is -2.26. The molecule has 0 aliphatic rings. The number of hydrogen-bond acceptors (Lipinski definition) is 3. The lowest BCUT2D eigenvalue weighted by Crippen LogP contribution is -2.42. The monoisotopic (exact) mass is 259 g/mol. The van der Waals surface area contributed by atoms with Crippen molar-refractivity contribution in [2.45, 2.75) is 33.2 Å². The molecule has 1 unspecified atom stereocenters. The molecule has 102 valence electrons. The van der Waals surface area contributed by atoms with Crippen LogP contribution in [-0.4, -0.2) is 29.9 Å². The fourth-order valence-corrected chi connectivity index (χ4v) is 1.99. The molecule has 1 aromatic rings. The summed E-state index contributed by atoms with van der Waals surface area (Å²) < 4.78 is 0. The van der Waals surface area contributed by atoms with Gasteiger partial charge in [-0.3, -0.25) is 9.69 Å². The van der Waals surface area contributed by atoms with Crippen molar-refractivity contribution in [1.29, 1.82) is 5.26 Å². The van der Waals surface area contributed by atoms with Crippen LogP contribution in [0.1, 0.15) is 32.8 Å². The molecule has 0 saturated heterocycles. The zero-order valence-corrected chi connectivity index (χ0v) is 11.8. The van der Waals surface area contributed by atoms with Crippen molar-refractivity contribution in [3.05, 3.63) is 29.8 Å². The molecule has 0 saturated carbocycles. The highest BCUT2D eigenvalue weighted by molar-refractivity contribution is 5.94. The molecule has 0 fully saturated rings. The average Bonchev–Trinajstić information content (AvgIpc) is 2.44. The largest absolute Gasteiger partial charge is 0.325 e. The Bertz CT molecular complexity index is 465. The number of nitrogens with zero attached hydrogens (tertiary/aromatic N) is 2. The third-order valence-corrected chi connectivity index (χ3v) is 3.10. The van der Waals surface area contributed by atoms with Gasteiger partial charge in [0.05, 0.1) is 17.7 Å². The summed E-state index contributed by atoms with van der Waals surface area (Å²) >= 11 is 0. The van der Waals surface area contributed by atoms with Crippen molar-refractivity contribution >= 4 is 11.6 Å². The van der Waals surface area contributed by atoms with E-state index in [2.05, 4.69) is 30.1 Å². The van der Waals surface area contributed by atoms with E-state index in [1.165, 1.54) is 0 Å². The van der Waals surface area contributed by atoms with Crippen LogP contribution in [0.5, 0.6) is 0 Å². The normalized spacial score (nSPS) is 11.9. The van der Waals surface area contributed by atoms with Crippen LogP contribution < -0.4 is 5.32 Å². The minimum atomic E-state index is -0.171. The highest BCUT2D eigenvalue weighted by Gasteiger charge is 2.19. The number of benzene rings is 1. The number of rotatable bonds is 6. The van der Waals surface area contributed by atoms with Gasteiger partial charge >= 0.3 is 0 Å². The Kier molecular flexibility index (Phi) is 6.04. The van der Waals surface area contributed by atoms with E-state index in [9.17, 15) is 4.79 Å². The first-order valence-electron chi connectivity index (χ1n) is 6.67. The van der Waals surface area contributed by atoms with Crippen LogP contribution in [0.15, 0.2) is 24.3 Å². The Labute approximate surface area is 115 Å². The van der Waals surface area contributed by atoms with Crippen LogP contribution in [0.2, 0.25) is 0 Å². The second-order valence-corrected chi connectivity index (χ2v) is 4.49. The maximum absolute atomic E-state index is 12.2. The fourth-order valence-electron chi connectivity index (χ4n) is 1.99. The first-order valence-corrected chi connectivity index (χ1v) is 6.67. The van der Waals surface area contributed by atoms with Crippen molar-refractivity contribution in [3.63, 3.8) is 0 Å². The summed E-state index contributed by atoms with van der Waals surface area (Å²) in [5, 5.41) is 11.7. The van der Waals surface area contributed by atoms with Gasteiger partial charge in [0.1, 0.15) is 0 Å². The molecule has 4 nitrogen and oxygen atoms in total. The number of carbonyl (C=O) groups is 1. The molecule has 4 heteroatoms. The van der Waals surface area contributed by atoms with Gasteiger partial charge in [0.2, 0.25) is 5.91 Å². The number of amides is 1. The minimum Gasteiger partial charge on any atom is -0.325 e. The van der Waals surface area contributed by atoms with Gasteiger partial charge in [-0.2, -0.15) is 5.26 Å². The highest BCUT2D eigenvalue weighted by Crippen LogP contribution is 2.11. The van der Waals surface area contributed by atoms with Crippen LogP contribution in [-0.2, 0) is 4.79 Å². The van der Waals surface area contributed by atoms with Crippen molar-refractivity contribution in [2.75, 3.05) is 18.4 Å². The van der Waals surface area contributed by atoms with E-state index in [0.29, 0.717) is 11.3 Å². The number of hydrogen-bond donors (Lipinski definition) is 1. The summed E-state index contributed by atoms with van der Waals surface area (Å²) in [5.74, 6) is -0.0367. The molecule has 0 bridgehead atoms. The lowest BCUT2D eigenvalue weighted by molar-refractivity contribution is -0.120. The van der Waals surface area contributed by atoms with Crippen LogP contribution in [0.3, 0.4) is 0 Å². The maximum atomic E-state index is 12.2. The predicted octanol–water partition coefficient (Wildman–Crippen LogP) is 2.62. The number of anilines is 1. The fraction of sp³-hybridized carbons (Fsp3) is 0.467. The zero-order valence-electron chi connectivity index (χ0n) is 11.8. The van der Waals surface area contributed by atoms with E-state index in [1.54, 1.807) is 24.3 Å². The molecule has 1 aromatic carbocycles. The van der Waals surface area contributed by atoms with E-state index in [4.69, 9.17) is 5.26 Å². The lowest BCUT2D eigenvalue weighted by atomic mass is 10.2. The van der Waals surface area contributed by atoms with Crippen LogP contribution in [0.4, 0.5) is 5.69 Å². The Morgan fingerprint density at radius 2 is 2.21 bits per heavy atom. The average molecular weight is 259 g/mol. The van der Waals surface area contributed by atoms with Crippen LogP contribution in [0, 0.1) is 11.3 Å². The molecule has 1 atom stereocenters. The van der Waals surface area contributed by atoms with Crippen molar-refractivity contribution < 1.29 is 4.79 Å². The van der Waals surface area contributed by atoms with Gasteiger partial charge in [0.15, 0.2) is 0 Å². The number of likely N-dealkylation sites (N-methyl/N-ethyl adjacent to an activating group) is 1. The minimum absolute atomic E-state index is 0.0367. The van der Waals surface area contributed by atoms with Gasteiger partial charge < -0.3 is 5.32 Å². The topological polar surface area (TPSA) is 56.1 Å². The predicted molar refractivity (Wildman–Crippen MR) is 76.8 cm³/mol. The Morgan fingerprint density at radius 3 is 2.79 bits per heavy atom. The van der Waals surface area contributed by atoms with Gasteiger partial charge in [0, 0.05) is 5.69 Å². The van der Waals surface area contributed by atoms with Gasteiger partial charge in [-0.25, -0.2) is 0 Å². The second kappa shape index (κ2) is 7.55. The molecule has 0 radical (unpaired) electrons. The molecule has 0 aliphatic carbocycles. The Hall–Kier alpha value is -1.86. The van der Waals surface area contributed by atoms with Crippen molar-refractivity contribution in [2.24, 2.45) is 0 Å². The summed E-state index contributed by atoms with van der Waals surface area (Å²) in [6, 6.07) is 8.85. The van der Waals surface area contributed by atoms with Gasteiger partial charge in [-0.1, -0.05) is 19.9 Å². The number of nitriles is 1. The van der Waals surface area contributed by atoms with E-state index in [1.807, 2.05) is 6.92 Å². The Morgan fingerprint density at radius 1 is 1.47 bits per heavy atom.